The third kappa shape index (κ3) is 3.36. The molecule has 3 rings (SSSR count). The van der Waals surface area contributed by atoms with E-state index in [1.165, 1.54) is 6.07 Å². The molecule has 2 aromatic rings. The number of carbonyl (C=O) groups is 1. The molecule has 2 heterocycles. The van der Waals surface area contributed by atoms with E-state index in [1.807, 2.05) is 13.8 Å². The van der Waals surface area contributed by atoms with Crippen LogP contribution in [-0.2, 0) is 16.0 Å². The summed E-state index contributed by atoms with van der Waals surface area (Å²) in [6.07, 6.45) is 7.59. The lowest BCUT2D eigenvalue weighted by Gasteiger charge is -2.18. The van der Waals surface area contributed by atoms with Gasteiger partial charge in [0.1, 0.15) is 0 Å². The monoisotopic (exact) mass is 315 g/mol. The molecule has 23 heavy (non-hydrogen) atoms. The molecule has 0 amide bonds. The van der Waals surface area contributed by atoms with E-state index in [9.17, 15) is 9.59 Å². The van der Waals surface area contributed by atoms with Crippen LogP contribution < -0.4 is 5.56 Å². The van der Waals surface area contributed by atoms with Gasteiger partial charge in [-0.2, -0.15) is 0 Å². The number of aromatic nitrogens is 3. The van der Waals surface area contributed by atoms with E-state index < -0.39 is 0 Å². The zero-order valence-electron chi connectivity index (χ0n) is 13.5. The molecular weight excluding hydrogens is 294 g/mol. The average Bonchev–Trinajstić information content (AvgIpc) is 2.91. The summed E-state index contributed by atoms with van der Waals surface area (Å²) in [5.41, 5.74) is 2.73. The van der Waals surface area contributed by atoms with E-state index in [-0.39, 0.29) is 17.9 Å². The van der Waals surface area contributed by atoms with Crippen LogP contribution in [0.1, 0.15) is 36.2 Å². The van der Waals surface area contributed by atoms with Gasteiger partial charge >= 0.3 is 5.97 Å². The Morgan fingerprint density at radius 2 is 2.26 bits per heavy atom. The fourth-order valence-electron chi connectivity index (χ4n) is 3.03. The number of H-pyrrole nitrogens is 1. The fraction of sp³-hybridized carbons (Fsp3) is 0.471. The smallest absolute Gasteiger partial charge is 0.310 e. The molecule has 0 aromatic carbocycles. The quantitative estimate of drug-likeness (QED) is 0.692. The van der Waals surface area contributed by atoms with Crippen molar-refractivity contribution in [3.05, 3.63) is 45.5 Å². The number of allylic oxidation sites excluding steroid dienone is 2. The number of nitrogens with one attached hydrogen (secondary N) is 1. The highest BCUT2D eigenvalue weighted by molar-refractivity contribution is 5.73. The van der Waals surface area contributed by atoms with Crippen molar-refractivity contribution in [3.63, 3.8) is 0 Å². The van der Waals surface area contributed by atoms with Crippen LogP contribution in [0, 0.1) is 19.8 Å². The van der Waals surface area contributed by atoms with Gasteiger partial charge in [0.05, 0.1) is 13.0 Å². The first-order valence-corrected chi connectivity index (χ1v) is 7.93. The summed E-state index contributed by atoms with van der Waals surface area (Å²) in [7, 11) is 0. The van der Waals surface area contributed by atoms with Crippen molar-refractivity contribution in [1.82, 2.24) is 14.6 Å². The highest BCUT2D eigenvalue weighted by atomic mass is 16.5. The maximum absolute atomic E-state index is 12.2. The van der Waals surface area contributed by atoms with Crippen LogP contribution in [0.25, 0.3) is 5.65 Å². The highest BCUT2D eigenvalue weighted by Gasteiger charge is 2.17. The molecule has 1 aliphatic carbocycles. The Hall–Kier alpha value is -2.37. The summed E-state index contributed by atoms with van der Waals surface area (Å²) in [4.78, 5) is 28.0. The van der Waals surface area contributed by atoms with Crippen molar-refractivity contribution >= 4 is 11.6 Å². The third-order valence-electron chi connectivity index (χ3n) is 4.38. The first-order valence-electron chi connectivity index (χ1n) is 7.93. The van der Waals surface area contributed by atoms with Crippen molar-refractivity contribution in [1.29, 1.82) is 0 Å². The second-order valence-corrected chi connectivity index (χ2v) is 6.09. The molecular formula is C17H21N3O3. The Morgan fingerprint density at radius 1 is 1.43 bits per heavy atom. The predicted molar refractivity (Wildman–Crippen MR) is 86.4 cm³/mol. The Kier molecular flexibility index (Phi) is 4.32. The largest absolute Gasteiger partial charge is 0.465 e. The summed E-state index contributed by atoms with van der Waals surface area (Å²) < 4.78 is 7.05. The van der Waals surface area contributed by atoms with E-state index in [2.05, 4.69) is 22.2 Å². The van der Waals surface area contributed by atoms with Gasteiger partial charge in [0.2, 0.25) is 0 Å². The Bertz CT molecular complexity index is 816. The first kappa shape index (κ1) is 15.5. The lowest BCUT2D eigenvalue weighted by atomic mass is 9.95. The van der Waals surface area contributed by atoms with Crippen molar-refractivity contribution in [2.75, 3.05) is 6.61 Å². The number of nitrogens with zero attached hydrogens (tertiary/aromatic N) is 2. The number of hydrogen-bond acceptors (Lipinski definition) is 4. The summed E-state index contributed by atoms with van der Waals surface area (Å²) in [5.74, 6) is 0.175. The zero-order valence-corrected chi connectivity index (χ0v) is 13.5. The van der Waals surface area contributed by atoms with Gasteiger partial charge < -0.3 is 4.74 Å². The molecule has 0 aliphatic heterocycles. The number of ether oxygens (including phenoxy) is 1. The third-order valence-corrected chi connectivity index (χ3v) is 4.38. The molecule has 6 heteroatoms. The van der Waals surface area contributed by atoms with Gasteiger partial charge in [-0.1, -0.05) is 12.2 Å². The standard InChI is InChI=1S/C17H21N3O3/c1-11-14(12(2)20-15(18-11)9-16(21)19-20)8-17(22)23-10-13-6-4-3-5-7-13/h3-4,9,13H,5-8,10H2,1-2H3,(H,19,21). The molecule has 1 aliphatic rings. The maximum Gasteiger partial charge on any atom is 0.310 e. The minimum atomic E-state index is -0.249. The maximum atomic E-state index is 12.2. The van der Waals surface area contributed by atoms with Gasteiger partial charge in [0, 0.05) is 23.0 Å². The Morgan fingerprint density at radius 3 is 3.00 bits per heavy atom. The van der Waals surface area contributed by atoms with Crippen LogP contribution in [0.4, 0.5) is 0 Å². The number of esters is 1. The lowest BCUT2D eigenvalue weighted by Crippen LogP contribution is -2.18. The molecule has 0 spiro atoms. The molecule has 2 aromatic heterocycles. The number of aryl methyl sites for hydroxylation is 2. The van der Waals surface area contributed by atoms with Crippen molar-refractivity contribution < 1.29 is 9.53 Å². The zero-order chi connectivity index (χ0) is 16.4. The number of carbonyl (C=O) groups excluding carboxylic acids is 1. The second kappa shape index (κ2) is 6.40. The van der Waals surface area contributed by atoms with Crippen LogP contribution in [-0.4, -0.2) is 27.2 Å². The van der Waals surface area contributed by atoms with Gasteiger partial charge in [-0.15, -0.1) is 0 Å². The van der Waals surface area contributed by atoms with Gasteiger partial charge in [0.15, 0.2) is 5.65 Å². The van der Waals surface area contributed by atoms with Gasteiger partial charge in [-0.25, -0.2) is 9.50 Å². The van der Waals surface area contributed by atoms with E-state index in [1.54, 1.807) is 4.52 Å². The van der Waals surface area contributed by atoms with Crippen LogP contribution in [0.2, 0.25) is 0 Å². The number of hydrogen-bond donors (Lipinski definition) is 1. The molecule has 0 saturated heterocycles. The number of rotatable bonds is 4. The Balaban J connectivity index is 1.71. The summed E-state index contributed by atoms with van der Waals surface area (Å²) in [6, 6.07) is 1.44. The molecule has 1 unspecified atom stereocenters. The average molecular weight is 315 g/mol. The molecule has 1 atom stereocenters. The van der Waals surface area contributed by atoms with E-state index in [0.717, 1.165) is 36.2 Å². The first-order chi connectivity index (χ1) is 11.0. The van der Waals surface area contributed by atoms with Gasteiger partial charge in [-0.05, 0) is 39.0 Å². The van der Waals surface area contributed by atoms with Crippen molar-refractivity contribution in [2.45, 2.75) is 39.5 Å². The SMILES string of the molecule is Cc1nc2cc(=O)[nH]n2c(C)c1CC(=O)OCC1CC=CCC1. The molecule has 6 nitrogen and oxygen atoms in total. The van der Waals surface area contributed by atoms with E-state index in [4.69, 9.17) is 4.74 Å². The van der Waals surface area contributed by atoms with Crippen LogP contribution >= 0.6 is 0 Å². The molecule has 0 bridgehead atoms. The normalized spacial score (nSPS) is 17.6. The highest BCUT2D eigenvalue weighted by Crippen LogP contribution is 2.19. The summed E-state index contributed by atoms with van der Waals surface area (Å²) in [5, 5.41) is 2.69. The van der Waals surface area contributed by atoms with Gasteiger partial charge in [0.25, 0.3) is 5.56 Å². The fourth-order valence-corrected chi connectivity index (χ4v) is 3.03. The second-order valence-electron chi connectivity index (χ2n) is 6.09. The summed E-state index contributed by atoms with van der Waals surface area (Å²) in [6.45, 7) is 4.18. The minimum Gasteiger partial charge on any atom is -0.465 e. The van der Waals surface area contributed by atoms with Crippen LogP contribution in [0.5, 0.6) is 0 Å². The number of fused-ring (bicyclic) bond motifs is 1. The lowest BCUT2D eigenvalue weighted by molar-refractivity contribution is -0.144. The molecule has 1 N–H and O–H groups in total. The Labute approximate surface area is 134 Å². The summed E-state index contributed by atoms with van der Waals surface area (Å²) >= 11 is 0. The van der Waals surface area contributed by atoms with Crippen LogP contribution in [0.3, 0.4) is 0 Å². The van der Waals surface area contributed by atoms with Crippen molar-refractivity contribution in [3.8, 4) is 0 Å². The van der Waals surface area contributed by atoms with Gasteiger partial charge in [-0.3, -0.25) is 14.7 Å². The van der Waals surface area contributed by atoms with E-state index in [0.29, 0.717) is 18.2 Å². The molecule has 122 valence electrons. The van der Waals surface area contributed by atoms with Crippen LogP contribution in [0.15, 0.2) is 23.0 Å². The molecule has 0 radical (unpaired) electrons. The number of aromatic amines is 1. The predicted octanol–water partition coefficient (Wildman–Crippen LogP) is 2.08. The molecule has 0 saturated carbocycles. The van der Waals surface area contributed by atoms with E-state index >= 15 is 0 Å². The minimum absolute atomic E-state index is 0.170. The topological polar surface area (TPSA) is 76.5 Å². The van der Waals surface area contributed by atoms with Crippen molar-refractivity contribution in [2.24, 2.45) is 5.92 Å². The molecule has 0 fully saturated rings.